The minimum absolute atomic E-state index is 0.0942. The minimum atomic E-state index is -1.10. The van der Waals surface area contributed by atoms with Gasteiger partial charge in [-0.3, -0.25) is 9.59 Å². The zero-order valence-electron chi connectivity index (χ0n) is 6.04. The molecule has 1 radical (unpaired) electrons. The van der Waals surface area contributed by atoms with Gasteiger partial charge in [0.15, 0.2) is 0 Å². The summed E-state index contributed by atoms with van der Waals surface area (Å²) in [6.07, 6.45) is 0.230. The monoisotopic (exact) mass is 159 g/mol. The molecule has 5 heteroatoms. The van der Waals surface area contributed by atoms with Crippen LogP contribution in [0.4, 0.5) is 0 Å². The fourth-order valence-electron chi connectivity index (χ4n) is 0.498. The van der Waals surface area contributed by atoms with Gasteiger partial charge in [-0.2, -0.15) is 0 Å². The van der Waals surface area contributed by atoms with E-state index in [0.29, 0.717) is 0 Å². The Morgan fingerprint density at radius 1 is 1.64 bits per heavy atom. The summed E-state index contributed by atoms with van der Waals surface area (Å²) in [6.45, 7) is 0. The van der Waals surface area contributed by atoms with Gasteiger partial charge in [-0.1, -0.05) is 0 Å². The van der Waals surface area contributed by atoms with Crippen LogP contribution in [0.25, 0.3) is 0 Å². The molecule has 0 aromatic carbocycles. The van der Waals surface area contributed by atoms with Gasteiger partial charge in [0.05, 0.1) is 0 Å². The van der Waals surface area contributed by atoms with Crippen molar-refractivity contribution in [1.82, 2.24) is 5.32 Å². The third-order valence-electron chi connectivity index (χ3n) is 1.20. The molecule has 0 aliphatic rings. The maximum absolute atomic E-state index is 10.5. The van der Waals surface area contributed by atoms with Gasteiger partial charge in [0, 0.05) is 13.5 Å². The Kier molecular flexibility index (Phi) is 4.21. The number of hydrogen-bond donors (Lipinski definition) is 3. The van der Waals surface area contributed by atoms with E-state index in [1.54, 1.807) is 0 Å². The number of nitrogens with two attached hydrogens (primary N) is 1. The molecule has 63 valence electrons. The van der Waals surface area contributed by atoms with E-state index in [1.165, 1.54) is 0 Å². The lowest BCUT2D eigenvalue weighted by Gasteiger charge is -2.03. The number of nitrogens with one attached hydrogen (secondary N) is 1. The van der Waals surface area contributed by atoms with Crippen molar-refractivity contribution < 1.29 is 14.7 Å². The van der Waals surface area contributed by atoms with Crippen LogP contribution in [0, 0.1) is 7.05 Å². The zero-order chi connectivity index (χ0) is 8.85. The van der Waals surface area contributed by atoms with E-state index in [2.05, 4.69) is 12.4 Å². The smallest absolute Gasteiger partial charge is 0.320 e. The van der Waals surface area contributed by atoms with Crippen molar-refractivity contribution in [2.75, 3.05) is 0 Å². The summed E-state index contributed by atoms with van der Waals surface area (Å²) < 4.78 is 0. The average molecular weight is 159 g/mol. The van der Waals surface area contributed by atoms with Gasteiger partial charge >= 0.3 is 5.97 Å². The Bertz CT molecular complexity index is 158. The van der Waals surface area contributed by atoms with Crippen molar-refractivity contribution in [2.24, 2.45) is 5.73 Å². The highest BCUT2D eigenvalue weighted by atomic mass is 16.4. The van der Waals surface area contributed by atoms with Gasteiger partial charge in [0.1, 0.15) is 6.04 Å². The quantitative estimate of drug-likeness (QED) is 0.495. The molecular weight excluding hydrogens is 148 g/mol. The molecule has 0 aliphatic carbocycles. The maximum atomic E-state index is 10.5. The Morgan fingerprint density at radius 2 is 2.18 bits per heavy atom. The molecule has 0 fully saturated rings. The minimum Gasteiger partial charge on any atom is -0.480 e. The number of rotatable bonds is 4. The van der Waals surface area contributed by atoms with Crippen LogP contribution in [-0.2, 0) is 9.59 Å². The van der Waals surface area contributed by atoms with Gasteiger partial charge in [0.25, 0.3) is 0 Å². The third-order valence-corrected chi connectivity index (χ3v) is 1.20. The molecule has 4 N–H and O–H groups in total. The number of hydrogen-bond acceptors (Lipinski definition) is 3. The average Bonchev–Trinajstić information content (AvgIpc) is 1.99. The molecule has 0 spiro atoms. The van der Waals surface area contributed by atoms with E-state index >= 15 is 0 Å². The summed E-state index contributed by atoms with van der Waals surface area (Å²) in [4.78, 5) is 20.6. The first-order valence-corrected chi connectivity index (χ1v) is 3.12. The van der Waals surface area contributed by atoms with Crippen LogP contribution in [0.15, 0.2) is 0 Å². The molecular formula is C6H11N2O3. The Morgan fingerprint density at radius 3 is 2.55 bits per heavy atom. The van der Waals surface area contributed by atoms with Crippen molar-refractivity contribution in [1.29, 1.82) is 0 Å². The molecule has 1 amide bonds. The van der Waals surface area contributed by atoms with E-state index < -0.39 is 12.0 Å². The Balaban J connectivity index is 3.54. The summed E-state index contributed by atoms with van der Waals surface area (Å²) in [5.74, 6) is -1.40. The molecule has 11 heavy (non-hydrogen) atoms. The molecule has 0 rings (SSSR count). The molecule has 0 heterocycles. The van der Waals surface area contributed by atoms with Crippen molar-refractivity contribution in [3.8, 4) is 0 Å². The third kappa shape index (κ3) is 4.32. The van der Waals surface area contributed by atoms with Crippen LogP contribution in [0.1, 0.15) is 12.8 Å². The highest BCUT2D eigenvalue weighted by molar-refractivity contribution is 5.78. The van der Waals surface area contributed by atoms with Crippen molar-refractivity contribution in [3.05, 3.63) is 7.05 Å². The highest BCUT2D eigenvalue weighted by Gasteiger charge is 2.12. The second kappa shape index (κ2) is 4.68. The van der Waals surface area contributed by atoms with Gasteiger partial charge in [-0.15, -0.1) is 0 Å². The topological polar surface area (TPSA) is 92.4 Å². The van der Waals surface area contributed by atoms with Gasteiger partial charge in [0.2, 0.25) is 5.91 Å². The van der Waals surface area contributed by atoms with E-state index in [0.717, 1.165) is 0 Å². The number of aliphatic carboxylic acids is 1. The predicted octanol–water partition coefficient (Wildman–Crippen LogP) is -0.914. The number of carboxylic acids is 1. The summed E-state index contributed by atoms with van der Waals surface area (Å²) in [6, 6.07) is -0.965. The number of carbonyl (C=O) groups excluding carboxylic acids is 1. The van der Waals surface area contributed by atoms with E-state index in [-0.39, 0.29) is 18.7 Å². The largest absolute Gasteiger partial charge is 0.480 e. The number of carboxylic acid groups (broad SMARTS) is 1. The summed E-state index contributed by atoms with van der Waals surface area (Å²) in [5, 5.41) is 10.4. The summed E-state index contributed by atoms with van der Waals surface area (Å²) in [7, 11) is 3.12. The van der Waals surface area contributed by atoms with Crippen molar-refractivity contribution in [2.45, 2.75) is 18.9 Å². The van der Waals surface area contributed by atoms with Crippen LogP contribution < -0.4 is 11.1 Å². The first kappa shape index (κ1) is 9.90. The van der Waals surface area contributed by atoms with Crippen LogP contribution in [0.5, 0.6) is 0 Å². The normalized spacial score (nSPS) is 12.2. The lowest BCUT2D eigenvalue weighted by Crippen LogP contribution is -2.31. The second-order valence-electron chi connectivity index (χ2n) is 2.08. The van der Waals surface area contributed by atoms with E-state index in [4.69, 9.17) is 10.8 Å². The molecule has 0 aromatic rings. The lowest BCUT2D eigenvalue weighted by molar-refractivity contribution is -0.138. The molecule has 0 aromatic heterocycles. The van der Waals surface area contributed by atoms with Crippen LogP contribution >= 0.6 is 0 Å². The van der Waals surface area contributed by atoms with Gasteiger partial charge in [-0.25, -0.2) is 0 Å². The molecule has 0 saturated carbocycles. The van der Waals surface area contributed by atoms with Crippen LogP contribution in [0.3, 0.4) is 0 Å². The summed E-state index contributed by atoms with van der Waals surface area (Å²) in [5.41, 5.74) is 5.12. The Labute approximate surface area is 64.6 Å². The maximum Gasteiger partial charge on any atom is 0.320 e. The highest BCUT2D eigenvalue weighted by Crippen LogP contribution is 1.93. The van der Waals surface area contributed by atoms with Gasteiger partial charge < -0.3 is 16.2 Å². The number of amides is 1. The van der Waals surface area contributed by atoms with Crippen LogP contribution in [-0.4, -0.2) is 23.0 Å². The van der Waals surface area contributed by atoms with Crippen molar-refractivity contribution in [3.63, 3.8) is 0 Å². The summed E-state index contributed by atoms with van der Waals surface area (Å²) >= 11 is 0. The van der Waals surface area contributed by atoms with Gasteiger partial charge in [-0.05, 0) is 6.42 Å². The van der Waals surface area contributed by atoms with Crippen LogP contribution in [0.2, 0.25) is 0 Å². The first-order valence-electron chi connectivity index (χ1n) is 3.12. The zero-order valence-corrected chi connectivity index (χ0v) is 6.04. The molecule has 0 saturated heterocycles. The standard InChI is InChI=1S/C6H11N2O3/c1-8-5(9)3-2-4(7)6(10)11/h4H,1-3,7H2,(H,8,9)(H,10,11)/t4-/m1/s1. The fourth-order valence-corrected chi connectivity index (χ4v) is 0.498. The SMILES string of the molecule is [CH2]NC(=O)CC[C@@H](N)C(=O)O. The predicted molar refractivity (Wildman–Crippen MR) is 38.3 cm³/mol. The number of carbonyl (C=O) groups is 2. The fraction of sp³-hybridized carbons (Fsp3) is 0.500. The molecule has 0 aliphatic heterocycles. The first-order chi connectivity index (χ1) is 5.07. The molecule has 1 atom stereocenters. The lowest BCUT2D eigenvalue weighted by atomic mass is 10.1. The Hall–Kier alpha value is -1.10. The van der Waals surface area contributed by atoms with E-state index in [1.807, 2.05) is 0 Å². The molecule has 5 nitrogen and oxygen atoms in total. The van der Waals surface area contributed by atoms with Crippen molar-refractivity contribution >= 4 is 11.9 Å². The molecule has 0 unspecified atom stereocenters. The second-order valence-corrected chi connectivity index (χ2v) is 2.08. The van der Waals surface area contributed by atoms with E-state index in [9.17, 15) is 9.59 Å². The molecule has 0 bridgehead atoms.